The summed E-state index contributed by atoms with van der Waals surface area (Å²) in [6, 6.07) is 10.3. The van der Waals surface area contributed by atoms with Crippen molar-refractivity contribution in [3.8, 4) is 11.1 Å². The van der Waals surface area contributed by atoms with Gasteiger partial charge in [0.25, 0.3) is 5.91 Å². The lowest BCUT2D eigenvalue weighted by Gasteiger charge is -2.09. The minimum Gasteiger partial charge on any atom is -0.351 e. The Labute approximate surface area is 165 Å². The predicted molar refractivity (Wildman–Crippen MR) is 112 cm³/mol. The van der Waals surface area contributed by atoms with Gasteiger partial charge in [0.15, 0.2) is 5.13 Å². The zero-order valence-electron chi connectivity index (χ0n) is 15.4. The molecule has 0 saturated carbocycles. The summed E-state index contributed by atoms with van der Waals surface area (Å²) in [6.45, 7) is 1.90. The summed E-state index contributed by atoms with van der Waals surface area (Å²) in [4.78, 5) is 21.6. The summed E-state index contributed by atoms with van der Waals surface area (Å²) in [6.07, 6.45) is 7.59. The highest BCUT2D eigenvalue weighted by atomic mass is 32.1. The molecule has 0 bridgehead atoms. The van der Waals surface area contributed by atoms with Crippen LogP contribution in [0, 0.1) is 6.92 Å². The number of anilines is 1. The summed E-state index contributed by atoms with van der Waals surface area (Å²) in [5.41, 5.74) is 5.20. The lowest BCUT2D eigenvalue weighted by molar-refractivity contribution is 0.102. The number of amides is 1. The fourth-order valence-corrected chi connectivity index (χ4v) is 4.08. The second-order valence-electron chi connectivity index (χ2n) is 6.75. The lowest BCUT2D eigenvalue weighted by Crippen LogP contribution is -2.13. The van der Waals surface area contributed by atoms with Gasteiger partial charge in [-0.25, -0.2) is 9.97 Å². The number of nitrogens with one attached hydrogen (secondary N) is 1. The third kappa shape index (κ3) is 2.76. The molecule has 0 aliphatic rings. The Morgan fingerprint density at radius 2 is 2.04 bits per heavy atom. The highest BCUT2D eigenvalue weighted by Gasteiger charge is 2.16. The Balaban J connectivity index is 1.60. The van der Waals surface area contributed by atoms with Gasteiger partial charge in [0.1, 0.15) is 5.65 Å². The molecule has 28 heavy (non-hydrogen) atoms. The maximum absolute atomic E-state index is 12.9. The van der Waals surface area contributed by atoms with Crippen molar-refractivity contribution in [2.24, 2.45) is 7.05 Å². The first kappa shape index (κ1) is 16.7. The summed E-state index contributed by atoms with van der Waals surface area (Å²) in [5.74, 6) is -0.215. The summed E-state index contributed by atoms with van der Waals surface area (Å²) < 4.78 is 3.97. The molecule has 6 nitrogen and oxygen atoms in total. The van der Waals surface area contributed by atoms with Gasteiger partial charge in [0.05, 0.1) is 11.3 Å². The maximum atomic E-state index is 12.9. The van der Waals surface area contributed by atoms with Gasteiger partial charge in [0, 0.05) is 48.1 Å². The van der Waals surface area contributed by atoms with Crippen LogP contribution in [0.25, 0.3) is 27.7 Å². The smallest absolute Gasteiger partial charge is 0.261 e. The molecule has 0 unspecified atom stereocenters. The van der Waals surface area contributed by atoms with E-state index in [4.69, 9.17) is 0 Å². The van der Waals surface area contributed by atoms with Crippen LogP contribution in [0.1, 0.15) is 16.1 Å². The van der Waals surface area contributed by atoms with Gasteiger partial charge in [-0.3, -0.25) is 10.1 Å². The normalized spacial score (nSPS) is 11.4. The molecule has 4 aromatic heterocycles. The first-order valence-electron chi connectivity index (χ1n) is 8.84. The van der Waals surface area contributed by atoms with Gasteiger partial charge >= 0.3 is 0 Å². The third-order valence-electron chi connectivity index (χ3n) is 4.79. The van der Waals surface area contributed by atoms with Gasteiger partial charge in [0.2, 0.25) is 0 Å². The largest absolute Gasteiger partial charge is 0.351 e. The zero-order chi connectivity index (χ0) is 19.3. The van der Waals surface area contributed by atoms with Crippen molar-refractivity contribution in [2.75, 3.05) is 5.32 Å². The Kier molecular flexibility index (Phi) is 3.77. The van der Waals surface area contributed by atoms with E-state index in [1.165, 1.54) is 16.9 Å². The van der Waals surface area contributed by atoms with E-state index in [0.717, 1.165) is 22.2 Å². The second-order valence-corrected chi connectivity index (χ2v) is 7.61. The van der Waals surface area contributed by atoms with E-state index < -0.39 is 0 Å². The summed E-state index contributed by atoms with van der Waals surface area (Å²) in [5, 5.41) is 6.54. The van der Waals surface area contributed by atoms with E-state index in [0.29, 0.717) is 16.3 Å². The monoisotopic (exact) mass is 387 g/mol. The van der Waals surface area contributed by atoms with Crippen molar-refractivity contribution in [1.82, 2.24) is 18.9 Å². The van der Waals surface area contributed by atoms with Crippen molar-refractivity contribution in [1.29, 1.82) is 0 Å². The predicted octanol–water partition coefficient (Wildman–Crippen LogP) is 4.51. The van der Waals surface area contributed by atoms with Crippen LogP contribution in [-0.2, 0) is 7.05 Å². The molecule has 0 radical (unpaired) electrons. The van der Waals surface area contributed by atoms with E-state index in [2.05, 4.69) is 44.1 Å². The fourth-order valence-electron chi connectivity index (χ4n) is 3.39. The molecule has 0 aliphatic heterocycles. The molecule has 1 amide bonds. The lowest BCUT2D eigenvalue weighted by atomic mass is 10.0. The van der Waals surface area contributed by atoms with Crippen molar-refractivity contribution in [2.45, 2.75) is 6.92 Å². The van der Waals surface area contributed by atoms with Gasteiger partial charge in [-0.2, -0.15) is 0 Å². The summed E-state index contributed by atoms with van der Waals surface area (Å²) in [7, 11) is 2.03. The zero-order valence-corrected chi connectivity index (χ0v) is 16.2. The number of thiazole rings is 1. The average Bonchev–Trinajstić information content (AvgIpc) is 3.41. The Hall–Kier alpha value is -3.45. The first-order valence-corrected chi connectivity index (χ1v) is 9.72. The van der Waals surface area contributed by atoms with Crippen LogP contribution in [0.5, 0.6) is 0 Å². The molecule has 4 heterocycles. The van der Waals surface area contributed by atoms with Crippen LogP contribution < -0.4 is 5.32 Å². The molecule has 0 fully saturated rings. The molecule has 1 aromatic carbocycles. The highest BCUT2D eigenvalue weighted by molar-refractivity contribution is 7.13. The molecular formula is C21H17N5OS. The third-order valence-corrected chi connectivity index (χ3v) is 5.67. The molecule has 5 rings (SSSR count). The number of aryl methyl sites for hydroxylation is 2. The molecule has 0 saturated heterocycles. The highest BCUT2D eigenvalue weighted by Crippen LogP contribution is 2.27. The van der Waals surface area contributed by atoms with Crippen LogP contribution in [0.15, 0.2) is 60.5 Å². The number of pyridine rings is 1. The van der Waals surface area contributed by atoms with E-state index >= 15 is 0 Å². The Bertz CT molecular complexity index is 1340. The van der Waals surface area contributed by atoms with Crippen molar-refractivity contribution < 1.29 is 4.79 Å². The standard InChI is InChI=1S/C21H17N5OS/c1-13-12-28-21(23-13)24-20(27)17-10-16(11-26-8-6-22-19(17)26)14-3-4-18-15(9-14)5-7-25(18)2/h3-12H,1-2H3,(H,23,24,27). The van der Waals surface area contributed by atoms with Crippen LogP contribution in [0.3, 0.4) is 0 Å². The van der Waals surface area contributed by atoms with Crippen molar-refractivity contribution in [3.63, 3.8) is 0 Å². The van der Waals surface area contributed by atoms with Crippen LogP contribution in [-0.4, -0.2) is 24.8 Å². The number of aromatic nitrogens is 4. The minimum absolute atomic E-state index is 0.215. The van der Waals surface area contributed by atoms with Crippen molar-refractivity contribution >= 4 is 38.9 Å². The van der Waals surface area contributed by atoms with Gasteiger partial charge < -0.3 is 8.97 Å². The average molecular weight is 387 g/mol. The molecule has 5 aromatic rings. The van der Waals surface area contributed by atoms with E-state index in [-0.39, 0.29) is 5.91 Å². The number of rotatable bonds is 3. The van der Waals surface area contributed by atoms with Crippen LogP contribution in [0.2, 0.25) is 0 Å². The molecule has 0 atom stereocenters. The number of nitrogens with zero attached hydrogens (tertiary/aromatic N) is 4. The number of hydrogen-bond donors (Lipinski definition) is 1. The molecule has 1 N–H and O–H groups in total. The number of fused-ring (bicyclic) bond motifs is 2. The number of imidazole rings is 1. The van der Waals surface area contributed by atoms with E-state index in [1.807, 2.05) is 48.4 Å². The molecule has 138 valence electrons. The van der Waals surface area contributed by atoms with E-state index in [9.17, 15) is 4.79 Å². The Morgan fingerprint density at radius 1 is 1.14 bits per heavy atom. The topological polar surface area (TPSA) is 64.2 Å². The number of carbonyl (C=O) groups excluding carboxylic acids is 1. The minimum atomic E-state index is -0.215. The molecule has 0 spiro atoms. The summed E-state index contributed by atoms with van der Waals surface area (Å²) >= 11 is 1.41. The fraction of sp³-hybridized carbons (Fsp3) is 0.0952. The maximum Gasteiger partial charge on any atom is 0.261 e. The second kappa shape index (κ2) is 6.31. The quantitative estimate of drug-likeness (QED) is 0.495. The van der Waals surface area contributed by atoms with Gasteiger partial charge in [-0.05, 0) is 42.3 Å². The SMILES string of the molecule is Cc1csc(NC(=O)c2cc(-c3ccc4c(ccn4C)c3)cn3ccnc23)n1. The number of carbonyl (C=O) groups is 1. The molecule has 0 aliphatic carbocycles. The molecular weight excluding hydrogens is 370 g/mol. The van der Waals surface area contributed by atoms with Crippen LogP contribution >= 0.6 is 11.3 Å². The Morgan fingerprint density at radius 3 is 2.86 bits per heavy atom. The number of benzene rings is 1. The first-order chi connectivity index (χ1) is 13.6. The van der Waals surface area contributed by atoms with Crippen molar-refractivity contribution in [3.05, 3.63) is 71.8 Å². The van der Waals surface area contributed by atoms with Gasteiger partial charge in [-0.15, -0.1) is 11.3 Å². The van der Waals surface area contributed by atoms with Gasteiger partial charge in [-0.1, -0.05) is 6.07 Å². The van der Waals surface area contributed by atoms with E-state index in [1.54, 1.807) is 6.20 Å². The number of hydrogen-bond acceptors (Lipinski definition) is 4. The molecule has 7 heteroatoms. The van der Waals surface area contributed by atoms with Crippen LogP contribution in [0.4, 0.5) is 5.13 Å².